The number of aliphatic hydroxyl groups is 1. The number of phenolic OH excluding ortho intramolecular Hbond substituents is 1. The van der Waals surface area contributed by atoms with E-state index >= 15 is 0 Å². The van der Waals surface area contributed by atoms with E-state index in [1.807, 2.05) is 32.9 Å². The highest BCUT2D eigenvalue weighted by Crippen LogP contribution is 2.44. The summed E-state index contributed by atoms with van der Waals surface area (Å²) in [6.07, 6.45) is 0.832. The number of aliphatic hydroxyl groups excluding tert-OH is 1. The number of hydrogen-bond acceptors (Lipinski definition) is 6. The third-order valence-corrected chi connectivity index (χ3v) is 6.10. The highest BCUT2D eigenvalue weighted by molar-refractivity contribution is 6.51. The van der Waals surface area contributed by atoms with Gasteiger partial charge in [-0.2, -0.15) is 0 Å². The fourth-order valence-corrected chi connectivity index (χ4v) is 4.34. The van der Waals surface area contributed by atoms with Crippen LogP contribution in [0.3, 0.4) is 0 Å². The van der Waals surface area contributed by atoms with Crippen LogP contribution in [0.4, 0.5) is 5.69 Å². The Hall–Kier alpha value is -4.26. The van der Waals surface area contributed by atoms with Gasteiger partial charge in [0.2, 0.25) is 0 Å². The van der Waals surface area contributed by atoms with E-state index in [1.165, 1.54) is 17.0 Å². The number of carbonyl (C=O) groups excluding carboxylic acids is 2. The van der Waals surface area contributed by atoms with Crippen LogP contribution in [-0.4, -0.2) is 35.1 Å². The minimum atomic E-state index is -0.904. The first kappa shape index (κ1) is 24.9. The number of anilines is 1. The van der Waals surface area contributed by atoms with Crippen LogP contribution < -0.4 is 14.4 Å². The van der Waals surface area contributed by atoms with E-state index in [0.29, 0.717) is 36.0 Å². The van der Waals surface area contributed by atoms with Gasteiger partial charge >= 0.3 is 0 Å². The maximum atomic E-state index is 13.4. The van der Waals surface area contributed by atoms with Crippen molar-refractivity contribution in [3.63, 3.8) is 0 Å². The summed E-state index contributed by atoms with van der Waals surface area (Å²) in [7, 11) is 0. The Morgan fingerprint density at radius 3 is 2.17 bits per heavy atom. The van der Waals surface area contributed by atoms with Crippen molar-refractivity contribution in [2.45, 2.75) is 33.2 Å². The minimum absolute atomic E-state index is 0.0492. The normalized spacial score (nSPS) is 16.9. The molecule has 1 heterocycles. The number of nitrogens with zero attached hydrogens (tertiary/aromatic N) is 1. The molecule has 1 amide bonds. The van der Waals surface area contributed by atoms with Gasteiger partial charge in [-0.3, -0.25) is 14.5 Å². The zero-order valence-electron chi connectivity index (χ0n) is 20.5. The van der Waals surface area contributed by atoms with E-state index in [4.69, 9.17) is 9.47 Å². The third-order valence-electron chi connectivity index (χ3n) is 6.10. The average Bonchev–Trinajstić information content (AvgIpc) is 3.15. The van der Waals surface area contributed by atoms with Gasteiger partial charge in [0.15, 0.2) is 0 Å². The Labute approximate surface area is 210 Å². The van der Waals surface area contributed by atoms with Crippen LogP contribution in [0.25, 0.3) is 5.76 Å². The molecule has 0 bridgehead atoms. The number of carbonyl (C=O) groups is 2. The van der Waals surface area contributed by atoms with Gasteiger partial charge in [0, 0.05) is 11.8 Å². The van der Waals surface area contributed by atoms with Crippen LogP contribution in [0.1, 0.15) is 43.5 Å². The first-order valence-electron chi connectivity index (χ1n) is 12.0. The number of Topliss-reactive ketones (excluding diaryl/α,β-unsaturated/α-hetero) is 1. The smallest absolute Gasteiger partial charge is 0.300 e. The molecular formula is C29H29NO6. The first-order chi connectivity index (χ1) is 17.4. The molecule has 36 heavy (non-hydrogen) atoms. The predicted octanol–water partition coefficient (Wildman–Crippen LogP) is 5.38. The molecule has 0 aliphatic carbocycles. The standard InChI is InChI=1S/C29H29NO6/c1-4-18-7-11-20(12-8-18)30-26(19-9-13-21(31)14-10-19)25(28(33)29(30)34)27(32)23-16-15-22(35-5-2)17-24(23)36-6-3/h7-17,26,31-32H,4-6H2,1-3H3/b27-25-. The molecule has 2 N–H and O–H groups in total. The van der Waals surface area contributed by atoms with E-state index in [-0.39, 0.29) is 22.6 Å². The molecule has 186 valence electrons. The number of rotatable bonds is 8. The second-order valence-corrected chi connectivity index (χ2v) is 8.30. The van der Waals surface area contributed by atoms with Crippen molar-refractivity contribution in [1.82, 2.24) is 0 Å². The number of aromatic hydroxyl groups is 1. The molecule has 0 aromatic heterocycles. The van der Waals surface area contributed by atoms with Crippen LogP contribution in [0, 0.1) is 0 Å². The number of benzene rings is 3. The van der Waals surface area contributed by atoms with Gasteiger partial charge in [-0.25, -0.2) is 0 Å². The summed E-state index contributed by atoms with van der Waals surface area (Å²) in [5, 5.41) is 21.3. The third kappa shape index (κ3) is 4.64. The molecule has 0 saturated carbocycles. The Kier molecular flexibility index (Phi) is 7.29. The molecule has 1 unspecified atom stereocenters. The first-order valence-corrected chi connectivity index (χ1v) is 12.0. The monoisotopic (exact) mass is 487 g/mol. The lowest BCUT2D eigenvalue weighted by Gasteiger charge is -2.26. The SMILES string of the molecule is CCOc1ccc(/C(O)=C2/C(=O)C(=O)N(c3ccc(CC)cc3)C2c2ccc(O)cc2)c(OCC)c1. The lowest BCUT2D eigenvalue weighted by molar-refractivity contribution is -0.132. The summed E-state index contributed by atoms with van der Waals surface area (Å²) in [6.45, 7) is 6.49. The summed E-state index contributed by atoms with van der Waals surface area (Å²) < 4.78 is 11.3. The number of ether oxygens (including phenoxy) is 2. The maximum absolute atomic E-state index is 13.4. The van der Waals surface area contributed by atoms with Gasteiger partial charge in [0.25, 0.3) is 11.7 Å². The molecule has 0 spiro atoms. The van der Waals surface area contributed by atoms with Gasteiger partial charge in [0.05, 0.1) is 30.4 Å². The van der Waals surface area contributed by atoms with Crippen LogP contribution in [0.2, 0.25) is 0 Å². The highest BCUT2D eigenvalue weighted by Gasteiger charge is 2.47. The molecule has 1 saturated heterocycles. The van der Waals surface area contributed by atoms with E-state index in [9.17, 15) is 19.8 Å². The summed E-state index contributed by atoms with van der Waals surface area (Å²) in [4.78, 5) is 28.1. The quantitative estimate of drug-likeness (QED) is 0.252. The maximum Gasteiger partial charge on any atom is 0.300 e. The molecule has 7 heteroatoms. The fraction of sp³-hybridized carbons (Fsp3) is 0.241. The molecule has 0 radical (unpaired) electrons. The van der Waals surface area contributed by atoms with Crippen LogP contribution in [0.5, 0.6) is 17.2 Å². The Morgan fingerprint density at radius 2 is 1.56 bits per heavy atom. The van der Waals surface area contributed by atoms with Gasteiger partial charge in [-0.1, -0.05) is 31.2 Å². The Morgan fingerprint density at radius 1 is 0.889 bits per heavy atom. The topological polar surface area (TPSA) is 96.3 Å². The van der Waals surface area contributed by atoms with Crippen molar-refractivity contribution < 1.29 is 29.3 Å². The molecule has 1 atom stereocenters. The fourth-order valence-electron chi connectivity index (χ4n) is 4.34. The number of amides is 1. The molecule has 1 aliphatic rings. The van der Waals surface area contributed by atoms with Crippen molar-refractivity contribution in [2.75, 3.05) is 18.1 Å². The molecule has 1 aliphatic heterocycles. The molecular weight excluding hydrogens is 458 g/mol. The minimum Gasteiger partial charge on any atom is -0.508 e. The lowest BCUT2D eigenvalue weighted by Crippen LogP contribution is -2.29. The molecule has 3 aromatic carbocycles. The van der Waals surface area contributed by atoms with Crippen molar-refractivity contribution >= 4 is 23.1 Å². The zero-order chi connectivity index (χ0) is 25.8. The number of phenols is 1. The van der Waals surface area contributed by atoms with E-state index in [1.54, 1.807) is 42.5 Å². The van der Waals surface area contributed by atoms with E-state index < -0.39 is 17.7 Å². The molecule has 4 rings (SSSR count). The second kappa shape index (κ2) is 10.6. The van der Waals surface area contributed by atoms with E-state index in [0.717, 1.165) is 12.0 Å². The van der Waals surface area contributed by atoms with Crippen molar-refractivity contribution in [3.05, 3.63) is 89.0 Å². The number of hydrogen-bond donors (Lipinski definition) is 2. The molecule has 7 nitrogen and oxygen atoms in total. The second-order valence-electron chi connectivity index (χ2n) is 8.30. The lowest BCUT2D eigenvalue weighted by atomic mass is 9.94. The summed E-state index contributed by atoms with van der Waals surface area (Å²) in [5.41, 5.74) is 2.41. The van der Waals surface area contributed by atoms with Crippen LogP contribution in [-0.2, 0) is 16.0 Å². The summed E-state index contributed by atoms with van der Waals surface area (Å²) >= 11 is 0. The van der Waals surface area contributed by atoms with Crippen molar-refractivity contribution in [3.8, 4) is 17.2 Å². The summed E-state index contributed by atoms with van der Waals surface area (Å²) in [5.74, 6) is -0.948. The van der Waals surface area contributed by atoms with Crippen LogP contribution >= 0.6 is 0 Å². The summed E-state index contributed by atoms with van der Waals surface area (Å²) in [6, 6.07) is 17.7. The molecule has 1 fully saturated rings. The highest BCUT2D eigenvalue weighted by atomic mass is 16.5. The Balaban J connectivity index is 1.92. The van der Waals surface area contributed by atoms with Crippen molar-refractivity contribution in [1.29, 1.82) is 0 Å². The number of ketones is 1. The van der Waals surface area contributed by atoms with Gasteiger partial charge in [-0.05, 0) is 67.8 Å². The zero-order valence-corrected chi connectivity index (χ0v) is 20.5. The predicted molar refractivity (Wildman–Crippen MR) is 137 cm³/mol. The molecule has 3 aromatic rings. The largest absolute Gasteiger partial charge is 0.508 e. The van der Waals surface area contributed by atoms with E-state index in [2.05, 4.69) is 0 Å². The number of aryl methyl sites for hydroxylation is 1. The van der Waals surface area contributed by atoms with Crippen molar-refractivity contribution in [2.24, 2.45) is 0 Å². The van der Waals surface area contributed by atoms with Crippen LogP contribution in [0.15, 0.2) is 72.3 Å². The van der Waals surface area contributed by atoms with Gasteiger partial charge in [0.1, 0.15) is 23.0 Å². The Bertz CT molecular complexity index is 1290. The van der Waals surface area contributed by atoms with Gasteiger partial charge in [-0.15, -0.1) is 0 Å². The van der Waals surface area contributed by atoms with Gasteiger partial charge < -0.3 is 19.7 Å². The average molecular weight is 488 g/mol.